The summed E-state index contributed by atoms with van der Waals surface area (Å²) in [6.45, 7) is 3.16. The van der Waals surface area contributed by atoms with Gasteiger partial charge in [0.05, 0.1) is 36.3 Å². The van der Waals surface area contributed by atoms with E-state index < -0.39 is 0 Å². The van der Waals surface area contributed by atoms with E-state index in [0.717, 1.165) is 37.4 Å². The van der Waals surface area contributed by atoms with E-state index in [9.17, 15) is 0 Å². The van der Waals surface area contributed by atoms with Crippen LogP contribution in [0, 0.1) is 5.92 Å². The molecule has 0 aromatic carbocycles. The van der Waals surface area contributed by atoms with Crippen molar-refractivity contribution in [3.63, 3.8) is 0 Å². The lowest BCUT2D eigenvalue weighted by atomic mass is 9.92. The lowest BCUT2D eigenvalue weighted by Gasteiger charge is -2.31. The fraction of sp³-hybridized carbons (Fsp3) is 0.421. The predicted molar refractivity (Wildman–Crippen MR) is 102 cm³/mol. The van der Waals surface area contributed by atoms with Gasteiger partial charge in [-0.05, 0) is 38.3 Å². The summed E-state index contributed by atoms with van der Waals surface area (Å²) in [4.78, 5) is 24.1. The Balaban J connectivity index is 1.25. The van der Waals surface area contributed by atoms with Gasteiger partial charge >= 0.3 is 0 Å². The summed E-state index contributed by atoms with van der Waals surface area (Å²) in [6.07, 6.45) is 15.9. The van der Waals surface area contributed by atoms with Crippen LogP contribution in [0.3, 0.4) is 0 Å². The quantitative estimate of drug-likeness (QED) is 0.718. The summed E-state index contributed by atoms with van der Waals surface area (Å²) in [6, 6.07) is 0. The molecule has 8 heteroatoms. The summed E-state index contributed by atoms with van der Waals surface area (Å²) in [7, 11) is 2.01. The smallest absolute Gasteiger partial charge is 0.150 e. The van der Waals surface area contributed by atoms with E-state index in [1.165, 1.54) is 12.8 Å². The molecule has 0 unspecified atom stereocenters. The van der Waals surface area contributed by atoms with Crippen LogP contribution in [-0.2, 0) is 20.0 Å². The van der Waals surface area contributed by atoms with Crippen LogP contribution in [0.1, 0.15) is 24.2 Å². The first-order valence-electron chi connectivity index (χ1n) is 9.28. The second-order valence-corrected chi connectivity index (χ2v) is 7.06. The van der Waals surface area contributed by atoms with Crippen LogP contribution in [0.4, 0.5) is 11.6 Å². The van der Waals surface area contributed by atoms with Crippen molar-refractivity contribution in [2.24, 2.45) is 13.0 Å². The van der Waals surface area contributed by atoms with Crippen molar-refractivity contribution >= 4 is 11.6 Å². The van der Waals surface area contributed by atoms with E-state index in [2.05, 4.69) is 41.3 Å². The van der Waals surface area contributed by atoms with Crippen LogP contribution in [-0.4, -0.2) is 47.5 Å². The van der Waals surface area contributed by atoms with Crippen LogP contribution in [0.25, 0.3) is 0 Å². The highest BCUT2D eigenvalue weighted by molar-refractivity contribution is 5.48. The molecule has 0 radical (unpaired) electrons. The van der Waals surface area contributed by atoms with Crippen LogP contribution < -0.4 is 5.32 Å². The molecule has 0 spiro atoms. The maximum Gasteiger partial charge on any atom is 0.150 e. The predicted octanol–water partition coefficient (Wildman–Crippen LogP) is 2.20. The fourth-order valence-corrected chi connectivity index (χ4v) is 3.44. The molecule has 0 saturated carbocycles. The highest BCUT2D eigenvalue weighted by Crippen LogP contribution is 2.22. The van der Waals surface area contributed by atoms with Gasteiger partial charge in [-0.25, -0.2) is 15.0 Å². The number of likely N-dealkylation sites (tertiary alicyclic amines) is 1. The van der Waals surface area contributed by atoms with Crippen molar-refractivity contribution in [1.29, 1.82) is 0 Å². The minimum Gasteiger partial charge on any atom is -0.340 e. The van der Waals surface area contributed by atoms with Gasteiger partial charge in [-0.3, -0.25) is 14.9 Å². The zero-order valence-corrected chi connectivity index (χ0v) is 15.5. The van der Waals surface area contributed by atoms with Crippen LogP contribution >= 0.6 is 0 Å². The maximum absolute atomic E-state index is 4.56. The number of piperidine rings is 1. The molecule has 140 valence electrons. The minimum atomic E-state index is 0.665. The Labute approximate surface area is 158 Å². The average Bonchev–Trinajstić information content (AvgIpc) is 3.10. The van der Waals surface area contributed by atoms with Gasteiger partial charge in [0.1, 0.15) is 11.6 Å². The molecule has 8 nitrogen and oxygen atoms in total. The van der Waals surface area contributed by atoms with Crippen molar-refractivity contribution in [3.05, 3.63) is 54.9 Å². The Morgan fingerprint density at radius 2 is 1.81 bits per heavy atom. The molecular weight excluding hydrogens is 340 g/mol. The summed E-state index contributed by atoms with van der Waals surface area (Å²) >= 11 is 0. The van der Waals surface area contributed by atoms with Gasteiger partial charge < -0.3 is 9.88 Å². The van der Waals surface area contributed by atoms with Gasteiger partial charge in [0.15, 0.2) is 0 Å². The van der Waals surface area contributed by atoms with Crippen LogP contribution in [0.15, 0.2) is 43.5 Å². The standard InChI is InChI=1S/C19H24N8/c1-26-12-17(24-14-26)13-27-6-2-15(3-7-27)8-16-9-23-19(11-22-16)25-18-10-20-4-5-21-18/h4-5,9-12,14-15H,2-3,6-8,13H2,1H3,(H,21,23,25). The Hall–Kier alpha value is -2.87. The number of rotatable bonds is 6. The van der Waals surface area contributed by atoms with Gasteiger partial charge in [0.25, 0.3) is 0 Å². The normalized spacial score (nSPS) is 15.7. The summed E-state index contributed by atoms with van der Waals surface area (Å²) in [5, 5.41) is 3.10. The Kier molecular flexibility index (Phi) is 5.34. The molecule has 3 aromatic rings. The first-order chi connectivity index (χ1) is 13.2. The Bertz CT molecular complexity index is 838. The fourth-order valence-electron chi connectivity index (χ4n) is 3.44. The van der Waals surface area contributed by atoms with E-state index >= 15 is 0 Å². The van der Waals surface area contributed by atoms with Crippen LogP contribution in [0.5, 0.6) is 0 Å². The van der Waals surface area contributed by atoms with E-state index in [1.54, 1.807) is 24.8 Å². The molecule has 0 bridgehead atoms. The molecule has 1 fully saturated rings. The summed E-state index contributed by atoms with van der Waals surface area (Å²) in [5.41, 5.74) is 2.19. The van der Waals surface area contributed by atoms with E-state index in [-0.39, 0.29) is 0 Å². The molecule has 4 heterocycles. The van der Waals surface area contributed by atoms with E-state index in [4.69, 9.17) is 0 Å². The van der Waals surface area contributed by atoms with Gasteiger partial charge in [-0.2, -0.15) is 0 Å². The lowest BCUT2D eigenvalue weighted by molar-refractivity contribution is 0.175. The van der Waals surface area contributed by atoms with E-state index in [1.807, 2.05) is 24.1 Å². The molecule has 1 N–H and O–H groups in total. The van der Waals surface area contributed by atoms with E-state index in [0.29, 0.717) is 17.6 Å². The number of hydrogen-bond acceptors (Lipinski definition) is 7. The van der Waals surface area contributed by atoms with Crippen molar-refractivity contribution < 1.29 is 0 Å². The Morgan fingerprint density at radius 1 is 0.963 bits per heavy atom. The van der Waals surface area contributed by atoms with Gasteiger partial charge in [-0.15, -0.1) is 0 Å². The van der Waals surface area contributed by atoms with Crippen molar-refractivity contribution in [2.45, 2.75) is 25.8 Å². The third-order valence-corrected chi connectivity index (χ3v) is 4.87. The molecule has 1 saturated heterocycles. The maximum atomic E-state index is 4.56. The Morgan fingerprint density at radius 3 is 2.48 bits per heavy atom. The van der Waals surface area contributed by atoms with Crippen molar-refractivity contribution in [1.82, 2.24) is 34.4 Å². The third-order valence-electron chi connectivity index (χ3n) is 4.87. The number of anilines is 2. The summed E-state index contributed by atoms with van der Waals surface area (Å²) in [5.74, 6) is 2.02. The topological polar surface area (TPSA) is 84.7 Å². The largest absolute Gasteiger partial charge is 0.340 e. The molecule has 3 aromatic heterocycles. The number of nitrogens with zero attached hydrogens (tertiary/aromatic N) is 7. The van der Waals surface area contributed by atoms with Crippen LogP contribution in [0.2, 0.25) is 0 Å². The lowest BCUT2D eigenvalue weighted by Crippen LogP contribution is -2.34. The molecule has 1 aliphatic rings. The summed E-state index contributed by atoms with van der Waals surface area (Å²) < 4.78 is 2.00. The average molecular weight is 364 g/mol. The highest BCUT2D eigenvalue weighted by Gasteiger charge is 2.20. The number of nitrogens with one attached hydrogen (secondary N) is 1. The molecule has 1 aliphatic heterocycles. The minimum absolute atomic E-state index is 0.665. The first kappa shape index (κ1) is 17.5. The van der Waals surface area contributed by atoms with Gasteiger partial charge in [-0.1, -0.05) is 0 Å². The molecule has 4 rings (SSSR count). The van der Waals surface area contributed by atoms with Crippen molar-refractivity contribution in [3.8, 4) is 0 Å². The van der Waals surface area contributed by atoms with Gasteiger partial charge in [0.2, 0.25) is 0 Å². The zero-order chi connectivity index (χ0) is 18.5. The number of aromatic nitrogens is 6. The van der Waals surface area contributed by atoms with Gasteiger partial charge in [0, 0.05) is 32.2 Å². The molecule has 27 heavy (non-hydrogen) atoms. The molecule has 0 atom stereocenters. The molecular formula is C19H24N8. The zero-order valence-electron chi connectivity index (χ0n) is 15.5. The highest BCUT2D eigenvalue weighted by atomic mass is 15.1. The second kappa shape index (κ2) is 8.22. The number of imidazole rings is 1. The number of hydrogen-bond donors (Lipinski definition) is 1. The third kappa shape index (κ3) is 4.85. The molecule has 0 amide bonds. The second-order valence-electron chi connectivity index (χ2n) is 7.06. The monoisotopic (exact) mass is 364 g/mol. The number of aryl methyl sites for hydroxylation is 1. The van der Waals surface area contributed by atoms with Crippen molar-refractivity contribution in [2.75, 3.05) is 18.4 Å². The molecule has 0 aliphatic carbocycles. The first-order valence-corrected chi connectivity index (χ1v) is 9.28. The SMILES string of the molecule is Cn1cnc(CN2CCC(Cc3cnc(Nc4cnccn4)cn3)CC2)c1.